The number of benzene rings is 1. The number of nitrogens with zero attached hydrogens (tertiary/aromatic N) is 4. The molecule has 8 nitrogen and oxygen atoms in total. The number of hydrogen-bond donors (Lipinski definition) is 1. The molecule has 0 spiro atoms. The predicted molar refractivity (Wildman–Crippen MR) is 129 cm³/mol. The average Bonchev–Trinajstić information content (AvgIpc) is 3.13. The molecule has 1 aliphatic heterocycles. The maximum Gasteiger partial charge on any atom is 0.277 e. The van der Waals surface area contributed by atoms with Crippen LogP contribution in [0.3, 0.4) is 0 Å². The van der Waals surface area contributed by atoms with Gasteiger partial charge in [-0.2, -0.15) is 0 Å². The number of aryl methyl sites for hydroxylation is 1. The number of imidazole rings is 1. The summed E-state index contributed by atoms with van der Waals surface area (Å²) < 4.78 is 13.1. The van der Waals surface area contributed by atoms with E-state index in [9.17, 15) is 4.79 Å². The number of aromatic nitrogens is 4. The maximum atomic E-state index is 13.1. The van der Waals surface area contributed by atoms with Gasteiger partial charge >= 0.3 is 0 Å². The molecule has 1 N–H and O–H groups in total. The predicted octanol–water partition coefficient (Wildman–Crippen LogP) is 3.70. The number of H-pyrrole nitrogens is 1. The molecule has 0 atom stereocenters. The van der Waals surface area contributed by atoms with Crippen LogP contribution in [0.15, 0.2) is 23.0 Å². The summed E-state index contributed by atoms with van der Waals surface area (Å²) in [6.07, 6.45) is 1.98. The van der Waals surface area contributed by atoms with Gasteiger partial charge in [0.25, 0.3) is 5.56 Å². The molecule has 0 saturated carbocycles. The Morgan fingerprint density at radius 1 is 1.21 bits per heavy atom. The summed E-state index contributed by atoms with van der Waals surface area (Å²) in [4.78, 5) is 23.3. The zero-order valence-corrected chi connectivity index (χ0v) is 20.4. The molecule has 8 heteroatoms. The van der Waals surface area contributed by atoms with E-state index in [1.54, 1.807) is 4.52 Å². The van der Waals surface area contributed by atoms with Crippen LogP contribution in [-0.2, 0) is 16.7 Å². The molecule has 33 heavy (non-hydrogen) atoms. The second-order valence-electron chi connectivity index (χ2n) is 9.37. The fraction of sp³-hybridized carbons (Fsp3) is 0.560. The number of morpholine rings is 1. The molecular weight excluding hydrogens is 418 g/mol. The first-order chi connectivity index (χ1) is 15.8. The first kappa shape index (κ1) is 23.4. The largest absolute Gasteiger partial charge is 0.493 e. The number of rotatable bonds is 8. The van der Waals surface area contributed by atoms with E-state index in [0.29, 0.717) is 29.4 Å². The molecule has 1 aliphatic rings. The van der Waals surface area contributed by atoms with E-state index in [1.807, 2.05) is 19.9 Å². The molecule has 3 aromatic rings. The Balaban J connectivity index is 1.83. The number of nitrogens with one attached hydrogen (secondary N) is 1. The zero-order valence-electron chi connectivity index (χ0n) is 20.4. The molecule has 0 unspecified atom stereocenters. The van der Waals surface area contributed by atoms with Crippen molar-refractivity contribution in [2.45, 2.75) is 59.4 Å². The average molecular weight is 454 g/mol. The first-order valence-corrected chi connectivity index (χ1v) is 11.9. The van der Waals surface area contributed by atoms with Crippen LogP contribution in [0.2, 0.25) is 0 Å². The van der Waals surface area contributed by atoms with Crippen molar-refractivity contribution in [3.05, 3.63) is 45.6 Å². The molecule has 0 bridgehead atoms. The maximum absolute atomic E-state index is 13.1. The van der Waals surface area contributed by atoms with E-state index >= 15 is 0 Å². The first-order valence-electron chi connectivity index (χ1n) is 11.9. The van der Waals surface area contributed by atoms with Crippen molar-refractivity contribution in [2.24, 2.45) is 0 Å². The van der Waals surface area contributed by atoms with Crippen molar-refractivity contribution in [1.29, 1.82) is 0 Å². The summed E-state index contributed by atoms with van der Waals surface area (Å²) in [5, 5.41) is 4.89. The van der Waals surface area contributed by atoms with Gasteiger partial charge in [0, 0.05) is 25.0 Å². The summed E-state index contributed by atoms with van der Waals surface area (Å²) in [6, 6.07) is 6.13. The van der Waals surface area contributed by atoms with Crippen molar-refractivity contribution in [2.75, 3.05) is 32.9 Å². The zero-order chi connectivity index (χ0) is 23.6. The standard InChI is InChI=1S/C25H35N5O3/c1-6-10-25(4,5)24-26-17(3)21-23(31)27-22(28-30(21)24)19-15-18(8-9-20(19)33-7-2)16-29-11-13-32-14-12-29/h8-9,15H,6-7,10-14,16H2,1-5H3,(H,27,28,31). The van der Waals surface area contributed by atoms with Crippen LogP contribution in [0, 0.1) is 6.92 Å². The van der Waals surface area contributed by atoms with E-state index in [2.05, 4.69) is 42.8 Å². The van der Waals surface area contributed by atoms with E-state index in [-0.39, 0.29) is 11.0 Å². The van der Waals surface area contributed by atoms with Crippen LogP contribution in [0.25, 0.3) is 16.9 Å². The van der Waals surface area contributed by atoms with Gasteiger partial charge in [-0.3, -0.25) is 9.69 Å². The highest BCUT2D eigenvalue weighted by Gasteiger charge is 2.28. The Kier molecular flexibility index (Phi) is 6.86. The molecule has 2 aromatic heterocycles. The molecule has 4 rings (SSSR count). The summed E-state index contributed by atoms with van der Waals surface area (Å²) in [7, 11) is 0. The van der Waals surface area contributed by atoms with Gasteiger partial charge in [0.1, 0.15) is 11.6 Å². The van der Waals surface area contributed by atoms with Crippen LogP contribution in [-0.4, -0.2) is 57.4 Å². The van der Waals surface area contributed by atoms with Crippen LogP contribution in [0.4, 0.5) is 0 Å². The van der Waals surface area contributed by atoms with Crippen LogP contribution >= 0.6 is 0 Å². The lowest BCUT2D eigenvalue weighted by atomic mass is 9.87. The van der Waals surface area contributed by atoms with Crippen LogP contribution in [0.1, 0.15) is 57.6 Å². The Labute approximate surface area is 194 Å². The molecule has 178 valence electrons. The summed E-state index contributed by atoms with van der Waals surface area (Å²) >= 11 is 0. The van der Waals surface area contributed by atoms with Crippen molar-refractivity contribution >= 4 is 5.52 Å². The molecule has 0 amide bonds. The van der Waals surface area contributed by atoms with Gasteiger partial charge in [0.2, 0.25) is 0 Å². The Morgan fingerprint density at radius 3 is 2.67 bits per heavy atom. The molecule has 0 aliphatic carbocycles. The third kappa shape index (κ3) is 4.82. The number of hydrogen-bond acceptors (Lipinski definition) is 6. The highest BCUT2D eigenvalue weighted by molar-refractivity contribution is 5.66. The Bertz CT molecular complexity index is 1170. The third-order valence-corrected chi connectivity index (χ3v) is 6.26. The minimum Gasteiger partial charge on any atom is -0.493 e. The summed E-state index contributed by atoms with van der Waals surface area (Å²) in [6.45, 7) is 15.0. The van der Waals surface area contributed by atoms with Gasteiger partial charge in [0.15, 0.2) is 11.3 Å². The minimum atomic E-state index is -0.203. The number of fused-ring (bicyclic) bond motifs is 1. The smallest absolute Gasteiger partial charge is 0.277 e. The summed E-state index contributed by atoms with van der Waals surface area (Å²) in [5.74, 6) is 2.01. The lowest BCUT2D eigenvalue weighted by molar-refractivity contribution is 0.0342. The molecule has 1 fully saturated rings. The van der Waals surface area contributed by atoms with Gasteiger partial charge in [-0.1, -0.05) is 33.3 Å². The Hall–Kier alpha value is -2.71. The fourth-order valence-corrected chi connectivity index (χ4v) is 4.62. The quantitative estimate of drug-likeness (QED) is 0.560. The van der Waals surface area contributed by atoms with Crippen LogP contribution < -0.4 is 10.3 Å². The SMILES string of the molecule is CCCC(C)(C)c1nc(C)c2c(=O)[nH]c(-c3cc(CN4CCOCC4)ccc3OCC)nn12. The second kappa shape index (κ2) is 9.65. The Morgan fingerprint density at radius 2 is 1.97 bits per heavy atom. The topological polar surface area (TPSA) is 84.8 Å². The molecule has 3 heterocycles. The minimum absolute atomic E-state index is 0.190. The molecule has 1 saturated heterocycles. The van der Waals surface area contributed by atoms with Crippen molar-refractivity contribution in [1.82, 2.24) is 24.5 Å². The number of ether oxygens (including phenoxy) is 2. The molecular formula is C25H35N5O3. The van der Waals surface area contributed by atoms with Gasteiger partial charge in [-0.25, -0.2) is 9.50 Å². The van der Waals surface area contributed by atoms with E-state index in [1.165, 1.54) is 0 Å². The van der Waals surface area contributed by atoms with Crippen molar-refractivity contribution in [3.8, 4) is 17.1 Å². The van der Waals surface area contributed by atoms with Crippen molar-refractivity contribution in [3.63, 3.8) is 0 Å². The monoisotopic (exact) mass is 453 g/mol. The fourth-order valence-electron chi connectivity index (χ4n) is 4.62. The van der Waals surface area contributed by atoms with Gasteiger partial charge in [-0.15, -0.1) is 5.10 Å². The van der Waals surface area contributed by atoms with Gasteiger partial charge in [0.05, 0.1) is 31.1 Å². The van der Waals surface area contributed by atoms with E-state index in [4.69, 9.17) is 19.6 Å². The van der Waals surface area contributed by atoms with Crippen LogP contribution in [0.5, 0.6) is 5.75 Å². The number of aromatic amines is 1. The normalized spacial score (nSPS) is 15.3. The third-order valence-electron chi connectivity index (χ3n) is 6.26. The lowest BCUT2D eigenvalue weighted by Crippen LogP contribution is -2.35. The van der Waals surface area contributed by atoms with Crippen molar-refractivity contribution < 1.29 is 9.47 Å². The van der Waals surface area contributed by atoms with Gasteiger partial charge < -0.3 is 14.5 Å². The second-order valence-corrected chi connectivity index (χ2v) is 9.37. The van der Waals surface area contributed by atoms with E-state index in [0.717, 1.165) is 62.6 Å². The molecule has 1 aromatic carbocycles. The highest BCUT2D eigenvalue weighted by atomic mass is 16.5. The molecule has 0 radical (unpaired) electrons. The van der Waals surface area contributed by atoms with Gasteiger partial charge in [-0.05, 0) is 38.0 Å². The lowest BCUT2D eigenvalue weighted by Gasteiger charge is -2.26. The van der Waals surface area contributed by atoms with E-state index < -0.39 is 0 Å². The highest BCUT2D eigenvalue weighted by Crippen LogP contribution is 2.31. The summed E-state index contributed by atoms with van der Waals surface area (Å²) in [5.41, 5.74) is 2.73.